The first-order chi connectivity index (χ1) is 12.7. The Morgan fingerprint density at radius 3 is 2.44 bits per heavy atom. The Morgan fingerprint density at radius 1 is 1.15 bits per heavy atom. The minimum atomic E-state index is -3.67. The van der Waals surface area contributed by atoms with Gasteiger partial charge in [-0.15, -0.1) is 0 Å². The SMILES string of the molecule is CNS(=O)(=O)c1ccc(Cl)c(C(=O)NCc2ccccc2COC(C)C)c1. The number of hydrogen-bond donors (Lipinski definition) is 2. The van der Waals surface area contributed by atoms with Crippen molar-refractivity contribution in [3.8, 4) is 0 Å². The number of sulfonamides is 1. The normalized spacial score (nSPS) is 11.6. The van der Waals surface area contributed by atoms with Crippen molar-refractivity contribution in [2.24, 2.45) is 0 Å². The lowest BCUT2D eigenvalue weighted by Crippen LogP contribution is -2.25. The molecule has 146 valence electrons. The maximum atomic E-state index is 12.5. The second kappa shape index (κ2) is 9.32. The molecular formula is C19H23ClN2O4S. The van der Waals surface area contributed by atoms with Gasteiger partial charge in [-0.25, -0.2) is 13.1 Å². The van der Waals surface area contributed by atoms with Crippen molar-refractivity contribution < 1.29 is 17.9 Å². The predicted molar refractivity (Wildman–Crippen MR) is 105 cm³/mol. The molecule has 0 aliphatic carbocycles. The number of hydrogen-bond acceptors (Lipinski definition) is 4. The van der Waals surface area contributed by atoms with Crippen LogP contribution in [0.1, 0.15) is 35.3 Å². The zero-order chi connectivity index (χ0) is 20.0. The summed E-state index contributed by atoms with van der Waals surface area (Å²) in [6.45, 7) is 4.63. The van der Waals surface area contributed by atoms with Crippen molar-refractivity contribution in [3.63, 3.8) is 0 Å². The van der Waals surface area contributed by atoms with E-state index in [9.17, 15) is 13.2 Å². The quantitative estimate of drug-likeness (QED) is 0.700. The van der Waals surface area contributed by atoms with Crippen LogP contribution in [0.5, 0.6) is 0 Å². The molecule has 2 N–H and O–H groups in total. The van der Waals surface area contributed by atoms with Crippen LogP contribution in [0.4, 0.5) is 0 Å². The maximum absolute atomic E-state index is 12.5. The van der Waals surface area contributed by atoms with E-state index in [0.717, 1.165) is 11.1 Å². The molecule has 0 aliphatic rings. The summed E-state index contributed by atoms with van der Waals surface area (Å²) in [5, 5.41) is 2.97. The third-order valence-electron chi connectivity index (χ3n) is 3.89. The highest BCUT2D eigenvalue weighted by Gasteiger charge is 2.17. The molecule has 0 unspecified atom stereocenters. The van der Waals surface area contributed by atoms with Crippen LogP contribution < -0.4 is 10.0 Å². The summed E-state index contributed by atoms with van der Waals surface area (Å²) >= 11 is 6.09. The molecular weight excluding hydrogens is 388 g/mol. The maximum Gasteiger partial charge on any atom is 0.253 e. The molecule has 0 spiro atoms. The van der Waals surface area contributed by atoms with Gasteiger partial charge in [-0.1, -0.05) is 35.9 Å². The van der Waals surface area contributed by atoms with Crippen LogP contribution in [0.15, 0.2) is 47.4 Å². The highest BCUT2D eigenvalue weighted by molar-refractivity contribution is 7.89. The second-order valence-electron chi connectivity index (χ2n) is 6.16. The Bertz CT molecular complexity index is 914. The van der Waals surface area contributed by atoms with Crippen molar-refractivity contribution in [3.05, 3.63) is 64.2 Å². The molecule has 0 fully saturated rings. The number of ether oxygens (including phenoxy) is 1. The number of carbonyl (C=O) groups is 1. The molecule has 6 nitrogen and oxygen atoms in total. The summed E-state index contributed by atoms with van der Waals surface area (Å²) in [6.07, 6.45) is 0.100. The molecule has 0 bridgehead atoms. The second-order valence-corrected chi connectivity index (χ2v) is 8.45. The molecule has 2 aromatic rings. The number of carbonyl (C=O) groups excluding carboxylic acids is 1. The van der Waals surface area contributed by atoms with Gasteiger partial charge in [0.05, 0.1) is 28.2 Å². The van der Waals surface area contributed by atoms with Gasteiger partial charge in [-0.05, 0) is 50.2 Å². The standard InChI is InChI=1S/C19H23ClN2O4S/c1-13(2)26-12-15-7-5-4-6-14(15)11-22-19(23)17-10-16(8-9-18(17)20)27(24,25)21-3/h4-10,13,21H,11-12H2,1-3H3,(H,22,23). The first-order valence-electron chi connectivity index (χ1n) is 8.44. The Balaban J connectivity index is 2.16. The Hall–Kier alpha value is -1.93. The highest BCUT2D eigenvalue weighted by Crippen LogP contribution is 2.21. The molecule has 1 amide bonds. The van der Waals surface area contributed by atoms with E-state index in [-0.39, 0.29) is 28.1 Å². The van der Waals surface area contributed by atoms with E-state index >= 15 is 0 Å². The average molecular weight is 411 g/mol. The molecule has 0 radical (unpaired) electrons. The van der Waals surface area contributed by atoms with Gasteiger partial charge in [0.15, 0.2) is 0 Å². The van der Waals surface area contributed by atoms with Crippen LogP contribution in [0, 0.1) is 0 Å². The van der Waals surface area contributed by atoms with E-state index in [0.29, 0.717) is 6.61 Å². The Labute approximate surface area is 164 Å². The molecule has 0 atom stereocenters. The molecule has 2 rings (SSSR count). The fourth-order valence-corrected chi connectivity index (χ4v) is 3.32. The van der Waals surface area contributed by atoms with Crippen molar-refractivity contribution >= 4 is 27.5 Å². The lowest BCUT2D eigenvalue weighted by molar-refractivity contribution is 0.0651. The molecule has 2 aromatic carbocycles. The summed E-state index contributed by atoms with van der Waals surface area (Å²) in [4.78, 5) is 12.5. The number of nitrogens with one attached hydrogen (secondary N) is 2. The predicted octanol–water partition coefficient (Wildman–Crippen LogP) is 3.10. The van der Waals surface area contributed by atoms with Gasteiger partial charge in [0.2, 0.25) is 10.0 Å². The largest absolute Gasteiger partial charge is 0.374 e. The summed E-state index contributed by atoms with van der Waals surface area (Å²) < 4.78 is 31.7. The van der Waals surface area contributed by atoms with Gasteiger partial charge in [0.1, 0.15) is 0 Å². The average Bonchev–Trinajstić information content (AvgIpc) is 2.65. The fourth-order valence-electron chi connectivity index (χ4n) is 2.36. The molecule has 0 saturated carbocycles. The Morgan fingerprint density at radius 2 is 1.81 bits per heavy atom. The first-order valence-corrected chi connectivity index (χ1v) is 10.3. The third kappa shape index (κ3) is 5.77. The van der Waals surface area contributed by atoms with Crippen LogP contribution in [-0.2, 0) is 27.9 Å². The number of rotatable bonds is 8. The van der Waals surface area contributed by atoms with E-state index in [1.165, 1.54) is 25.2 Å². The van der Waals surface area contributed by atoms with Gasteiger partial charge >= 0.3 is 0 Å². The van der Waals surface area contributed by atoms with Crippen LogP contribution in [0.3, 0.4) is 0 Å². The summed E-state index contributed by atoms with van der Waals surface area (Å²) in [7, 11) is -2.36. The number of halogens is 1. The van der Waals surface area contributed by atoms with E-state index in [1.54, 1.807) is 0 Å². The summed E-state index contributed by atoms with van der Waals surface area (Å²) in [6, 6.07) is 11.6. The van der Waals surface area contributed by atoms with Gasteiger partial charge in [-0.3, -0.25) is 4.79 Å². The van der Waals surface area contributed by atoms with Crippen LogP contribution >= 0.6 is 11.6 Å². The lowest BCUT2D eigenvalue weighted by Gasteiger charge is -2.13. The fraction of sp³-hybridized carbons (Fsp3) is 0.316. The number of benzene rings is 2. The van der Waals surface area contributed by atoms with E-state index < -0.39 is 15.9 Å². The molecule has 0 aromatic heterocycles. The lowest BCUT2D eigenvalue weighted by atomic mass is 10.1. The molecule has 8 heteroatoms. The smallest absolute Gasteiger partial charge is 0.253 e. The molecule has 27 heavy (non-hydrogen) atoms. The highest BCUT2D eigenvalue weighted by atomic mass is 35.5. The molecule has 0 heterocycles. The monoisotopic (exact) mass is 410 g/mol. The van der Waals surface area contributed by atoms with Crippen molar-refractivity contribution in [1.29, 1.82) is 0 Å². The number of amides is 1. The van der Waals surface area contributed by atoms with Crippen molar-refractivity contribution in [2.45, 2.75) is 38.0 Å². The zero-order valence-corrected chi connectivity index (χ0v) is 17.0. The van der Waals surface area contributed by atoms with Crippen LogP contribution in [0.25, 0.3) is 0 Å². The first kappa shape index (κ1) is 21.4. The van der Waals surface area contributed by atoms with E-state index in [2.05, 4.69) is 10.0 Å². The Kier molecular flexibility index (Phi) is 7.38. The van der Waals surface area contributed by atoms with Gasteiger partial charge in [-0.2, -0.15) is 0 Å². The van der Waals surface area contributed by atoms with Crippen molar-refractivity contribution in [1.82, 2.24) is 10.0 Å². The summed E-state index contributed by atoms with van der Waals surface area (Å²) in [5.74, 6) is -0.451. The minimum Gasteiger partial charge on any atom is -0.374 e. The zero-order valence-electron chi connectivity index (χ0n) is 15.5. The minimum absolute atomic E-state index is 0.0229. The van der Waals surface area contributed by atoms with Crippen LogP contribution in [-0.4, -0.2) is 27.5 Å². The van der Waals surface area contributed by atoms with E-state index in [4.69, 9.17) is 16.3 Å². The van der Waals surface area contributed by atoms with Gasteiger partial charge < -0.3 is 10.1 Å². The third-order valence-corrected chi connectivity index (χ3v) is 5.63. The molecule has 0 aliphatic heterocycles. The molecule has 0 saturated heterocycles. The topological polar surface area (TPSA) is 84.5 Å². The van der Waals surface area contributed by atoms with Gasteiger partial charge in [0.25, 0.3) is 5.91 Å². The van der Waals surface area contributed by atoms with Crippen molar-refractivity contribution in [2.75, 3.05) is 7.05 Å². The van der Waals surface area contributed by atoms with Crippen LogP contribution in [0.2, 0.25) is 5.02 Å². The van der Waals surface area contributed by atoms with Gasteiger partial charge in [0, 0.05) is 6.54 Å². The summed E-state index contributed by atoms with van der Waals surface area (Å²) in [5.41, 5.74) is 2.00. The van der Waals surface area contributed by atoms with E-state index in [1.807, 2.05) is 38.1 Å².